The first-order chi connectivity index (χ1) is 14.0. The SMILES string of the molecule is CCC(C)Cc1nc(-c2cnc(-c3ccccc3)n2C)n(CCCO)n1.O=CO. The van der Waals surface area contributed by atoms with Crippen molar-refractivity contribution in [3.63, 3.8) is 0 Å². The van der Waals surface area contributed by atoms with Crippen LogP contribution in [0.15, 0.2) is 36.5 Å². The van der Waals surface area contributed by atoms with Crippen molar-refractivity contribution in [1.29, 1.82) is 0 Å². The molecule has 8 heteroatoms. The van der Waals surface area contributed by atoms with E-state index in [1.54, 1.807) is 0 Å². The van der Waals surface area contributed by atoms with Gasteiger partial charge in [0.2, 0.25) is 0 Å². The van der Waals surface area contributed by atoms with Crippen molar-refractivity contribution >= 4 is 6.47 Å². The highest BCUT2D eigenvalue weighted by atomic mass is 16.3. The van der Waals surface area contributed by atoms with Gasteiger partial charge in [0, 0.05) is 32.2 Å². The monoisotopic (exact) mass is 399 g/mol. The minimum Gasteiger partial charge on any atom is -0.483 e. The van der Waals surface area contributed by atoms with Crippen LogP contribution in [-0.4, -0.2) is 47.6 Å². The van der Waals surface area contributed by atoms with Crippen LogP contribution in [0.1, 0.15) is 32.5 Å². The molecule has 29 heavy (non-hydrogen) atoms. The first-order valence-electron chi connectivity index (χ1n) is 9.75. The molecule has 3 rings (SSSR count). The zero-order valence-electron chi connectivity index (χ0n) is 17.2. The van der Waals surface area contributed by atoms with Crippen molar-refractivity contribution in [2.75, 3.05) is 6.61 Å². The van der Waals surface area contributed by atoms with E-state index in [4.69, 9.17) is 14.9 Å². The molecule has 1 atom stereocenters. The molecule has 2 N–H and O–H groups in total. The predicted molar refractivity (Wildman–Crippen MR) is 111 cm³/mol. The van der Waals surface area contributed by atoms with Crippen LogP contribution in [0.4, 0.5) is 0 Å². The van der Waals surface area contributed by atoms with Gasteiger partial charge < -0.3 is 14.8 Å². The number of hydrogen-bond acceptors (Lipinski definition) is 5. The maximum Gasteiger partial charge on any atom is 0.290 e. The highest BCUT2D eigenvalue weighted by Crippen LogP contribution is 2.25. The van der Waals surface area contributed by atoms with Crippen LogP contribution in [0.3, 0.4) is 0 Å². The van der Waals surface area contributed by atoms with Crippen LogP contribution in [0.2, 0.25) is 0 Å². The van der Waals surface area contributed by atoms with E-state index in [0.29, 0.717) is 18.9 Å². The van der Waals surface area contributed by atoms with E-state index in [9.17, 15) is 5.11 Å². The summed E-state index contributed by atoms with van der Waals surface area (Å²) in [5.41, 5.74) is 2.01. The molecule has 0 aliphatic carbocycles. The van der Waals surface area contributed by atoms with Gasteiger partial charge in [-0.25, -0.2) is 14.6 Å². The molecule has 0 fully saturated rings. The smallest absolute Gasteiger partial charge is 0.290 e. The molecule has 0 aliphatic rings. The summed E-state index contributed by atoms with van der Waals surface area (Å²) >= 11 is 0. The summed E-state index contributed by atoms with van der Waals surface area (Å²) in [7, 11) is 2.00. The van der Waals surface area contributed by atoms with Gasteiger partial charge in [-0.2, -0.15) is 5.10 Å². The van der Waals surface area contributed by atoms with Crippen molar-refractivity contribution in [2.45, 2.75) is 39.7 Å². The van der Waals surface area contributed by atoms with Crippen molar-refractivity contribution in [3.8, 4) is 22.9 Å². The summed E-state index contributed by atoms with van der Waals surface area (Å²) in [5.74, 6) is 3.12. The average molecular weight is 399 g/mol. The Kier molecular flexibility index (Phi) is 8.54. The third-order valence-corrected chi connectivity index (χ3v) is 4.72. The Morgan fingerprint density at radius 1 is 1.21 bits per heavy atom. The van der Waals surface area contributed by atoms with Crippen molar-refractivity contribution < 1.29 is 15.0 Å². The van der Waals surface area contributed by atoms with Gasteiger partial charge in [0.1, 0.15) is 11.5 Å². The Labute approximate surface area is 170 Å². The molecule has 0 radical (unpaired) electrons. The van der Waals surface area contributed by atoms with E-state index in [0.717, 1.165) is 41.6 Å². The Morgan fingerprint density at radius 2 is 1.90 bits per heavy atom. The zero-order valence-corrected chi connectivity index (χ0v) is 17.2. The van der Waals surface area contributed by atoms with Crippen LogP contribution >= 0.6 is 0 Å². The van der Waals surface area contributed by atoms with Crippen LogP contribution in [0.25, 0.3) is 22.9 Å². The van der Waals surface area contributed by atoms with Gasteiger partial charge in [-0.15, -0.1) is 0 Å². The van der Waals surface area contributed by atoms with Gasteiger partial charge >= 0.3 is 0 Å². The van der Waals surface area contributed by atoms with Crippen LogP contribution < -0.4 is 0 Å². The average Bonchev–Trinajstić information content (AvgIpc) is 3.30. The number of carbonyl (C=O) groups is 1. The maximum absolute atomic E-state index is 9.21. The summed E-state index contributed by atoms with van der Waals surface area (Å²) in [6.45, 7) is 4.93. The minimum absolute atomic E-state index is 0.140. The Morgan fingerprint density at radius 3 is 2.52 bits per heavy atom. The topological polar surface area (TPSA) is 106 Å². The van der Waals surface area contributed by atoms with E-state index in [2.05, 4.69) is 40.6 Å². The number of hydrogen-bond donors (Lipinski definition) is 2. The Hall–Kier alpha value is -3.00. The standard InChI is InChI=1S/C20H27N5O.CH2O2/c1-4-15(2)13-18-22-20(25(23-18)11-8-12-26)17-14-21-19(24(17)3)16-9-6-5-7-10-16;2-1-3/h5-7,9-10,14-15,26H,4,8,11-13H2,1-3H3;1H,(H,2,3). The molecule has 3 aromatic rings. The van der Waals surface area contributed by atoms with Gasteiger partial charge in [-0.1, -0.05) is 50.6 Å². The molecule has 2 heterocycles. The number of imidazole rings is 1. The fourth-order valence-electron chi connectivity index (χ4n) is 2.97. The molecule has 0 amide bonds. The number of aryl methyl sites for hydroxylation is 1. The Bertz CT molecular complexity index is 889. The number of nitrogens with zero attached hydrogens (tertiary/aromatic N) is 5. The lowest BCUT2D eigenvalue weighted by molar-refractivity contribution is -0.122. The second kappa shape index (κ2) is 11.1. The zero-order chi connectivity index (χ0) is 21.2. The van der Waals surface area contributed by atoms with Crippen molar-refractivity contribution in [3.05, 3.63) is 42.4 Å². The Balaban J connectivity index is 0.000000941. The van der Waals surface area contributed by atoms with Crippen LogP contribution in [-0.2, 0) is 24.8 Å². The molecule has 0 saturated heterocycles. The van der Waals surface area contributed by atoms with Gasteiger partial charge in [0.05, 0.1) is 6.20 Å². The number of aliphatic hydroxyl groups excluding tert-OH is 1. The predicted octanol–water partition coefficient (Wildman–Crippen LogP) is 3.02. The summed E-state index contributed by atoms with van der Waals surface area (Å²) in [5, 5.41) is 20.8. The molecule has 2 aromatic heterocycles. The van der Waals surface area contributed by atoms with Gasteiger partial charge in [0.15, 0.2) is 11.6 Å². The van der Waals surface area contributed by atoms with E-state index in [1.807, 2.05) is 36.1 Å². The number of rotatable bonds is 8. The molecule has 0 bridgehead atoms. The maximum atomic E-state index is 9.21. The number of aromatic nitrogens is 5. The normalized spacial score (nSPS) is 11.6. The fraction of sp³-hybridized carbons (Fsp3) is 0.429. The molecule has 0 spiro atoms. The highest BCUT2D eigenvalue weighted by molar-refractivity contribution is 5.61. The summed E-state index contributed by atoms with van der Waals surface area (Å²) in [6.07, 6.45) is 4.47. The van der Waals surface area contributed by atoms with E-state index in [1.165, 1.54) is 0 Å². The summed E-state index contributed by atoms with van der Waals surface area (Å²) in [6, 6.07) is 10.1. The molecular formula is C21H29N5O3. The highest BCUT2D eigenvalue weighted by Gasteiger charge is 2.18. The van der Waals surface area contributed by atoms with Crippen molar-refractivity contribution in [1.82, 2.24) is 24.3 Å². The lowest BCUT2D eigenvalue weighted by Crippen LogP contribution is -2.07. The molecule has 156 valence electrons. The number of aliphatic hydroxyl groups is 1. The largest absolute Gasteiger partial charge is 0.483 e. The molecule has 1 aromatic carbocycles. The number of benzene rings is 1. The van der Waals surface area contributed by atoms with Gasteiger partial charge in [-0.05, 0) is 12.3 Å². The van der Waals surface area contributed by atoms with Crippen molar-refractivity contribution in [2.24, 2.45) is 13.0 Å². The first kappa shape index (κ1) is 22.3. The summed E-state index contributed by atoms with van der Waals surface area (Å²) < 4.78 is 3.96. The first-order valence-corrected chi connectivity index (χ1v) is 9.75. The molecule has 0 aliphatic heterocycles. The third-order valence-electron chi connectivity index (χ3n) is 4.72. The van der Waals surface area contributed by atoms with E-state index < -0.39 is 0 Å². The van der Waals surface area contributed by atoms with Gasteiger partial charge in [-0.3, -0.25) is 4.79 Å². The summed E-state index contributed by atoms with van der Waals surface area (Å²) in [4.78, 5) is 17.8. The van der Waals surface area contributed by atoms with Crippen LogP contribution in [0, 0.1) is 5.92 Å². The lowest BCUT2D eigenvalue weighted by Gasteiger charge is -2.07. The molecule has 1 unspecified atom stereocenters. The quantitative estimate of drug-likeness (QED) is 0.564. The second-order valence-electron chi connectivity index (χ2n) is 6.87. The lowest BCUT2D eigenvalue weighted by atomic mass is 10.1. The molecule has 8 nitrogen and oxygen atoms in total. The van der Waals surface area contributed by atoms with E-state index >= 15 is 0 Å². The van der Waals surface area contributed by atoms with E-state index in [-0.39, 0.29) is 13.1 Å². The molecule has 0 saturated carbocycles. The fourth-order valence-corrected chi connectivity index (χ4v) is 2.97. The minimum atomic E-state index is -0.250. The van der Waals surface area contributed by atoms with Gasteiger partial charge in [0.25, 0.3) is 6.47 Å². The molecular weight excluding hydrogens is 370 g/mol. The second-order valence-corrected chi connectivity index (χ2v) is 6.87. The van der Waals surface area contributed by atoms with Crippen LogP contribution in [0.5, 0.6) is 0 Å². The third kappa shape index (κ3) is 5.74. The number of carboxylic acid groups (broad SMARTS) is 1.